The van der Waals surface area contributed by atoms with Crippen LogP contribution in [0.2, 0.25) is 0 Å². The number of hydrogen-bond acceptors (Lipinski definition) is 3. The molecule has 5 nitrogen and oxygen atoms in total. The van der Waals surface area contributed by atoms with E-state index < -0.39 is 0 Å². The Bertz CT molecular complexity index is 513. The lowest BCUT2D eigenvalue weighted by atomic mass is 10.0. The largest absolute Gasteiger partial charge is 0.338 e. The number of nitrogens with zero attached hydrogens (tertiary/aromatic N) is 4. The van der Waals surface area contributed by atoms with Crippen molar-refractivity contribution in [2.24, 2.45) is 0 Å². The van der Waals surface area contributed by atoms with Crippen LogP contribution in [-0.2, 0) is 17.9 Å². The second kappa shape index (κ2) is 6.82. The summed E-state index contributed by atoms with van der Waals surface area (Å²) in [4.78, 5) is 21.4. The number of aromatic nitrogens is 2. The maximum atomic E-state index is 12.2. The molecule has 0 radical (unpaired) electrons. The van der Waals surface area contributed by atoms with Gasteiger partial charge < -0.3 is 9.47 Å². The van der Waals surface area contributed by atoms with Crippen LogP contribution in [0.15, 0.2) is 12.4 Å². The Balaban J connectivity index is 1.71. The molecule has 0 aromatic carbocycles. The number of likely N-dealkylation sites (tertiary alicyclic amines) is 2. The highest BCUT2D eigenvalue weighted by Gasteiger charge is 2.39. The summed E-state index contributed by atoms with van der Waals surface area (Å²) >= 11 is 0. The third-order valence-corrected chi connectivity index (χ3v) is 5.27. The maximum Gasteiger partial charge on any atom is 0.222 e. The van der Waals surface area contributed by atoms with Gasteiger partial charge in [0.2, 0.25) is 5.91 Å². The summed E-state index contributed by atoms with van der Waals surface area (Å²) in [7, 11) is 0. The molecule has 1 amide bonds. The fraction of sp³-hybridized carbons (Fsp3) is 0.765. The van der Waals surface area contributed by atoms with Gasteiger partial charge in [-0.2, -0.15) is 0 Å². The van der Waals surface area contributed by atoms with Crippen molar-refractivity contribution in [3.05, 3.63) is 18.2 Å². The fourth-order valence-electron chi connectivity index (χ4n) is 4.15. The van der Waals surface area contributed by atoms with Crippen LogP contribution in [0, 0.1) is 0 Å². The highest BCUT2D eigenvalue weighted by Crippen LogP contribution is 2.31. The Hall–Kier alpha value is -1.36. The van der Waals surface area contributed by atoms with Crippen molar-refractivity contribution in [3.8, 4) is 0 Å². The fourth-order valence-corrected chi connectivity index (χ4v) is 4.15. The van der Waals surface area contributed by atoms with Crippen LogP contribution in [0.1, 0.15) is 51.8 Å². The zero-order valence-electron chi connectivity index (χ0n) is 13.9. The number of carbonyl (C=O) groups excluding carboxylic acids is 1. The van der Waals surface area contributed by atoms with Gasteiger partial charge >= 0.3 is 0 Å². The lowest BCUT2D eigenvalue weighted by molar-refractivity contribution is -0.132. The predicted molar refractivity (Wildman–Crippen MR) is 86.4 cm³/mol. The normalized spacial score (nSPS) is 26.0. The number of hydrogen-bond donors (Lipinski definition) is 0. The summed E-state index contributed by atoms with van der Waals surface area (Å²) in [5, 5.41) is 0. The van der Waals surface area contributed by atoms with Crippen molar-refractivity contribution in [2.45, 2.75) is 71.1 Å². The quantitative estimate of drug-likeness (QED) is 0.838. The zero-order chi connectivity index (χ0) is 15.5. The molecular weight excluding hydrogens is 276 g/mol. The van der Waals surface area contributed by atoms with Crippen LogP contribution < -0.4 is 0 Å². The number of carbonyl (C=O) groups is 1. The molecule has 2 aliphatic heterocycles. The highest BCUT2D eigenvalue weighted by atomic mass is 16.2. The van der Waals surface area contributed by atoms with Crippen molar-refractivity contribution in [2.75, 3.05) is 13.1 Å². The molecule has 0 aliphatic carbocycles. The Kier molecular flexibility index (Phi) is 4.81. The van der Waals surface area contributed by atoms with Gasteiger partial charge in [0.25, 0.3) is 0 Å². The van der Waals surface area contributed by atoms with E-state index in [0.717, 1.165) is 44.8 Å². The van der Waals surface area contributed by atoms with Crippen LogP contribution in [0.25, 0.3) is 0 Å². The minimum atomic E-state index is 0.324. The van der Waals surface area contributed by atoms with Gasteiger partial charge in [0.05, 0.1) is 6.54 Å². The van der Waals surface area contributed by atoms with Gasteiger partial charge in [0, 0.05) is 44.0 Å². The first kappa shape index (κ1) is 15.5. The van der Waals surface area contributed by atoms with Crippen molar-refractivity contribution in [1.29, 1.82) is 0 Å². The molecule has 2 fully saturated rings. The standard InChI is InChI=1S/C17H28N4O/c1-3-17(22)21-11-6-8-15(21)14-7-5-10-20(14)13-16-18-9-12-19(16)4-2/h9,12,14-15H,3-8,10-11,13H2,1-2H3/t14-,15-/m0/s1. The van der Waals surface area contributed by atoms with E-state index >= 15 is 0 Å². The minimum absolute atomic E-state index is 0.324. The predicted octanol–water partition coefficient (Wildman–Crippen LogP) is 2.27. The molecule has 122 valence electrons. The molecular formula is C17H28N4O. The molecule has 0 saturated carbocycles. The van der Waals surface area contributed by atoms with Gasteiger partial charge in [0.15, 0.2) is 0 Å². The molecule has 2 atom stereocenters. The third-order valence-electron chi connectivity index (χ3n) is 5.27. The number of imidazole rings is 1. The SMILES string of the molecule is CCC(=O)N1CCC[C@H]1[C@@H]1CCCN1Cc1nccn1CC. The first-order valence-electron chi connectivity index (χ1n) is 8.78. The monoisotopic (exact) mass is 304 g/mol. The second-order valence-electron chi connectivity index (χ2n) is 6.46. The van der Waals surface area contributed by atoms with E-state index in [-0.39, 0.29) is 0 Å². The first-order chi connectivity index (χ1) is 10.7. The van der Waals surface area contributed by atoms with Crippen molar-refractivity contribution < 1.29 is 4.79 Å². The molecule has 2 saturated heterocycles. The van der Waals surface area contributed by atoms with Gasteiger partial charge in [-0.3, -0.25) is 9.69 Å². The highest BCUT2D eigenvalue weighted by molar-refractivity contribution is 5.76. The molecule has 2 aliphatic rings. The second-order valence-corrected chi connectivity index (χ2v) is 6.46. The molecule has 22 heavy (non-hydrogen) atoms. The van der Waals surface area contributed by atoms with Gasteiger partial charge in [-0.05, 0) is 39.2 Å². The third kappa shape index (κ3) is 2.91. The van der Waals surface area contributed by atoms with Crippen molar-refractivity contribution >= 4 is 5.91 Å². The average Bonchev–Trinajstić information content (AvgIpc) is 3.26. The van der Waals surface area contributed by atoms with Crippen LogP contribution >= 0.6 is 0 Å². The van der Waals surface area contributed by atoms with E-state index in [9.17, 15) is 4.79 Å². The Morgan fingerprint density at radius 1 is 1.23 bits per heavy atom. The summed E-state index contributed by atoms with van der Waals surface area (Å²) in [5.74, 6) is 1.48. The molecule has 0 N–H and O–H groups in total. The van der Waals surface area contributed by atoms with Crippen LogP contribution in [0.4, 0.5) is 0 Å². The van der Waals surface area contributed by atoms with Gasteiger partial charge in [-0.1, -0.05) is 6.92 Å². The lowest BCUT2D eigenvalue weighted by Gasteiger charge is -2.35. The summed E-state index contributed by atoms with van der Waals surface area (Å²) in [6.45, 7) is 8.10. The molecule has 1 aromatic heterocycles. The topological polar surface area (TPSA) is 41.4 Å². The Labute approximate surface area is 133 Å². The Morgan fingerprint density at radius 2 is 2.00 bits per heavy atom. The molecule has 0 bridgehead atoms. The Morgan fingerprint density at radius 3 is 2.77 bits per heavy atom. The maximum absolute atomic E-state index is 12.2. The summed E-state index contributed by atoms with van der Waals surface area (Å²) in [6.07, 6.45) is 9.35. The number of rotatable bonds is 5. The van der Waals surface area contributed by atoms with Gasteiger partial charge in [0.1, 0.15) is 5.82 Å². The average molecular weight is 304 g/mol. The smallest absolute Gasteiger partial charge is 0.222 e. The van der Waals surface area contributed by atoms with E-state index in [0.29, 0.717) is 24.4 Å². The summed E-state index contributed by atoms with van der Waals surface area (Å²) in [5.41, 5.74) is 0. The van der Waals surface area contributed by atoms with Crippen LogP contribution in [-0.4, -0.2) is 50.4 Å². The molecule has 0 spiro atoms. The number of aryl methyl sites for hydroxylation is 1. The molecule has 1 aromatic rings. The summed E-state index contributed by atoms with van der Waals surface area (Å²) in [6, 6.07) is 0.931. The van der Waals surface area contributed by atoms with Crippen LogP contribution in [0.5, 0.6) is 0 Å². The van der Waals surface area contributed by atoms with Crippen LogP contribution in [0.3, 0.4) is 0 Å². The molecule has 5 heteroatoms. The van der Waals surface area contributed by atoms with Crippen molar-refractivity contribution in [1.82, 2.24) is 19.4 Å². The van der Waals surface area contributed by atoms with Gasteiger partial charge in [-0.15, -0.1) is 0 Å². The molecule has 3 heterocycles. The number of amides is 1. The van der Waals surface area contributed by atoms with E-state index in [4.69, 9.17) is 0 Å². The summed E-state index contributed by atoms with van der Waals surface area (Å²) < 4.78 is 2.22. The molecule has 0 unspecified atom stereocenters. The van der Waals surface area contributed by atoms with E-state index in [2.05, 4.69) is 32.5 Å². The van der Waals surface area contributed by atoms with Gasteiger partial charge in [-0.25, -0.2) is 4.98 Å². The minimum Gasteiger partial charge on any atom is -0.338 e. The van der Waals surface area contributed by atoms with E-state index in [1.807, 2.05) is 13.1 Å². The van der Waals surface area contributed by atoms with Crippen molar-refractivity contribution in [3.63, 3.8) is 0 Å². The zero-order valence-corrected chi connectivity index (χ0v) is 13.9. The van der Waals surface area contributed by atoms with E-state index in [1.165, 1.54) is 12.8 Å². The lowest BCUT2D eigenvalue weighted by Crippen LogP contribution is -2.48. The first-order valence-corrected chi connectivity index (χ1v) is 8.78. The molecule has 3 rings (SSSR count). The van der Waals surface area contributed by atoms with E-state index in [1.54, 1.807) is 0 Å².